The highest BCUT2D eigenvalue weighted by Gasteiger charge is 2.36. The first-order valence-electron chi connectivity index (χ1n) is 9.52. The summed E-state index contributed by atoms with van der Waals surface area (Å²) in [5.41, 5.74) is 3.69. The summed E-state index contributed by atoms with van der Waals surface area (Å²) in [4.78, 5) is 28.0. The van der Waals surface area contributed by atoms with Crippen LogP contribution in [-0.2, 0) is 4.79 Å². The fraction of sp³-hybridized carbons (Fsp3) is 0.120. The van der Waals surface area contributed by atoms with E-state index in [1.165, 1.54) is 4.90 Å². The van der Waals surface area contributed by atoms with Crippen LogP contribution in [0.1, 0.15) is 27.0 Å². The minimum Gasteiger partial charge on any atom is -0.493 e. The Morgan fingerprint density at radius 2 is 1.53 bits per heavy atom. The lowest BCUT2D eigenvalue weighted by Crippen LogP contribution is -2.41. The molecule has 150 valence electrons. The average Bonchev–Trinajstić information content (AvgIpc) is 2.76. The molecular formula is C25H21NO4. The topological polar surface area (TPSA) is 55.8 Å². The molecule has 0 aliphatic carbocycles. The molecule has 1 aliphatic heterocycles. The Balaban J connectivity index is 1.93. The zero-order chi connectivity index (χ0) is 21.3. The third-order valence-corrected chi connectivity index (χ3v) is 5.08. The van der Waals surface area contributed by atoms with Crippen LogP contribution in [0.2, 0.25) is 0 Å². The van der Waals surface area contributed by atoms with E-state index in [0.717, 1.165) is 5.56 Å². The van der Waals surface area contributed by atoms with Gasteiger partial charge in [0.1, 0.15) is 0 Å². The lowest BCUT2D eigenvalue weighted by molar-refractivity contribution is -0.112. The molecule has 0 atom stereocenters. The number of imide groups is 1. The van der Waals surface area contributed by atoms with Crippen LogP contribution in [0.3, 0.4) is 0 Å². The molecule has 0 N–H and O–H groups in total. The first-order chi connectivity index (χ1) is 14.5. The molecule has 0 aromatic heterocycles. The standard InChI is InChI=1S/C25H21NO4/c1-16-8-6-10-18(14-16)26-24(27)20-12-5-4-11-19(20)21(25(26)28)15-17-9-7-13-22(29-2)23(17)30-3/h4-15H,1-3H3/b21-15-. The molecule has 4 rings (SSSR count). The minimum atomic E-state index is -0.380. The molecule has 30 heavy (non-hydrogen) atoms. The van der Waals surface area contributed by atoms with E-state index in [-0.39, 0.29) is 11.8 Å². The Morgan fingerprint density at radius 3 is 2.23 bits per heavy atom. The van der Waals surface area contributed by atoms with Gasteiger partial charge in [0.15, 0.2) is 11.5 Å². The normalized spacial score (nSPS) is 14.6. The largest absolute Gasteiger partial charge is 0.493 e. The number of methoxy groups -OCH3 is 2. The van der Waals surface area contributed by atoms with Gasteiger partial charge in [-0.2, -0.15) is 0 Å². The molecule has 5 nitrogen and oxygen atoms in total. The van der Waals surface area contributed by atoms with Crippen molar-refractivity contribution in [2.75, 3.05) is 19.1 Å². The number of para-hydroxylation sites is 1. The van der Waals surface area contributed by atoms with Gasteiger partial charge in [0, 0.05) is 16.7 Å². The van der Waals surface area contributed by atoms with E-state index in [9.17, 15) is 9.59 Å². The fourth-order valence-electron chi connectivity index (χ4n) is 3.68. The van der Waals surface area contributed by atoms with Crippen molar-refractivity contribution in [1.29, 1.82) is 0 Å². The Labute approximate surface area is 175 Å². The van der Waals surface area contributed by atoms with E-state index >= 15 is 0 Å². The lowest BCUT2D eigenvalue weighted by Gasteiger charge is -2.29. The second-order valence-electron chi connectivity index (χ2n) is 6.97. The van der Waals surface area contributed by atoms with Gasteiger partial charge in [-0.3, -0.25) is 9.59 Å². The molecule has 0 fully saturated rings. The van der Waals surface area contributed by atoms with E-state index in [2.05, 4.69) is 0 Å². The number of hydrogen-bond acceptors (Lipinski definition) is 4. The number of anilines is 1. The zero-order valence-corrected chi connectivity index (χ0v) is 17.0. The molecule has 3 aromatic rings. The maximum atomic E-state index is 13.5. The summed E-state index contributed by atoms with van der Waals surface area (Å²) in [6.07, 6.45) is 1.75. The van der Waals surface area contributed by atoms with Gasteiger partial charge in [0.25, 0.3) is 11.8 Å². The van der Waals surface area contributed by atoms with Gasteiger partial charge in [-0.05, 0) is 48.4 Å². The van der Waals surface area contributed by atoms with Gasteiger partial charge in [0.2, 0.25) is 0 Å². The summed E-state index contributed by atoms with van der Waals surface area (Å²) in [6, 6.07) is 20.0. The zero-order valence-electron chi connectivity index (χ0n) is 17.0. The van der Waals surface area contributed by atoms with Gasteiger partial charge in [-0.25, -0.2) is 4.90 Å². The van der Waals surface area contributed by atoms with E-state index < -0.39 is 0 Å². The first kappa shape index (κ1) is 19.5. The van der Waals surface area contributed by atoms with Crippen LogP contribution in [0.15, 0.2) is 66.7 Å². The van der Waals surface area contributed by atoms with Crippen LogP contribution in [0, 0.1) is 6.92 Å². The molecule has 1 aliphatic rings. The highest BCUT2D eigenvalue weighted by atomic mass is 16.5. The summed E-state index contributed by atoms with van der Waals surface area (Å²) in [5.74, 6) is 0.372. The molecule has 2 amide bonds. The summed E-state index contributed by atoms with van der Waals surface area (Å²) in [7, 11) is 3.12. The lowest BCUT2D eigenvalue weighted by atomic mass is 9.91. The highest BCUT2D eigenvalue weighted by Crippen LogP contribution is 2.37. The SMILES string of the molecule is COc1cccc(/C=C2\C(=O)N(c3cccc(C)c3)C(=O)c3ccccc32)c1OC. The van der Waals surface area contributed by atoms with Crippen LogP contribution in [-0.4, -0.2) is 26.0 Å². The molecule has 0 radical (unpaired) electrons. The molecule has 0 saturated carbocycles. The Morgan fingerprint density at radius 1 is 0.800 bits per heavy atom. The van der Waals surface area contributed by atoms with Crippen molar-refractivity contribution in [3.63, 3.8) is 0 Å². The third kappa shape index (κ3) is 3.24. The van der Waals surface area contributed by atoms with Gasteiger partial charge < -0.3 is 9.47 Å². The molecule has 0 saturated heterocycles. The van der Waals surface area contributed by atoms with Gasteiger partial charge >= 0.3 is 0 Å². The van der Waals surface area contributed by atoms with Gasteiger partial charge in [0.05, 0.1) is 19.9 Å². The Kier molecular flexibility index (Phi) is 5.11. The number of carbonyl (C=O) groups excluding carboxylic acids is 2. The third-order valence-electron chi connectivity index (χ3n) is 5.08. The molecule has 0 unspecified atom stereocenters. The van der Waals surface area contributed by atoms with Crippen LogP contribution >= 0.6 is 0 Å². The summed E-state index contributed by atoms with van der Waals surface area (Å²) >= 11 is 0. The number of ether oxygens (including phenoxy) is 2. The van der Waals surface area contributed by atoms with Crippen molar-refractivity contribution >= 4 is 29.2 Å². The van der Waals surface area contributed by atoms with Crippen LogP contribution < -0.4 is 14.4 Å². The number of carbonyl (C=O) groups is 2. The molecule has 5 heteroatoms. The predicted octanol–water partition coefficient (Wildman–Crippen LogP) is 4.74. The van der Waals surface area contributed by atoms with Crippen LogP contribution in [0.25, 0.3) is 11.6 Å². The van der Waals surface area contributed by atoms with Crippen molar-refractivity contribution < 1.29 is 19.1 Å². The maximum absolute atomic E-state index is 13.5. The summed E-state index contributed by atoms with van der Waals surface area (Å²) in [5, 5.41) is 0. The number of nitrogens with zero attached hydrogens (tertiary/aromatic N) is 1. The van der Waals surface area contributed by atoms with Gasteiger partial charge in [-0.15, -0.1) is 0 Å². The number of rotatable bonds is 4. The van der Waals surface area contributed by atoms with Crippen molar-refractivity contribution in [2.45, 2.75) is 6.92 Å². The summed E-state index contributed by atoms with van der Waals surface area (Å²) < 4.78 is 10.9. The number of hydrogen-bond donors (Lipinski definition) is 0. The van der Waals surface area contributed by atoms with Crippen LogP contribution in [0.4, 0.5) is 5.69 Å². The maximum Gasteiger partial charge on any atom is 0.265 e. The van der Waals surface area contributed by atoms with Gasteiger partial charge in [-0.1, -0.05) is 42.5 Å². The van der Waals surface area contributed by atoms with Crippen molar-refractivity contribution in [2.24, 2.45) is 0 Å². The molecular weight excluding hydrogens is 378 g/mol. The number of amides is 2. The average molecular weight is 399 g/mol. The molecule has 0 spiro atoms. The highest BCUT2D eigenvalue weighted by molar-refractivity contribution is 6.43. The van der Waals surface area contributed by atoms with Crippen molar-refractivity contribution in [1.82, 2.24) is 0 Å². The number of aryl methyl sites for hydroxylation is 1. The van der Waals surface area contributed by atoms with E-state index in [4.69, 9.17) is 9.47 Å². The first-order valence-corrected chi connectivity index (χ1v) is 9.52. The quantitative estimate of drug-likeness (QED) is 0.470. The van der Waals surface area contributed by atoms with Crippen molar-refractivity contribution in [3.05, 3.63) is 89.0 Å². The van der Waals surface area contributed by atoms with E-state index in [1.807, 2.05) is 43.3 Å². The fourth-order valence-corrected chi connectivity index (χ4v) is 3.68. The monoisotopic (exact) mass is 399 g/mol. The molecule has 0 bridgehead atoms. The minimum absolute atomic E-state index is 0.337. The van der Waals surface area contributed by atoms with Crippen LogP contribution in [0.5, 0.6) is 11.5 Å². The summed E-state index contributed by atoms with van der Waals surface area (Å²) in [6.45, 7) is 1.92. The number of benzene rings is 3. The van der Waals surface area contributed by atoms with E-state index in [1.54, 1.807) is 50.6 Å². The predicted molar refractivity (Wildman–Crippen MR) is 117 cm³/mol. The van der Waals surface area contributed by atoms with Crippen molar-refractivity contribution in [3.8, 4) is 11.5 Å². The second-order valence-corrected chi connectivity index (χ2v) is 6.97. The molecule has 3 aromatic carbocycles. The van der Waals surface area contributed by atoms with E-state index in [0.29, 0.717) is 39.4 Å². The molecule has 1 heterocycles. The smallest absolute Gasteiger partial charge is 0.265 e. The Bertz CT molecular complexity index is 1180. The second kappa shape index (κ2) is 7.87. The Hall–Kier alpha value is -3.86. The number of fused-ring (bicyclic) bond motifs is 1.